The number of hydrogen-bond acceptors (Lipinski definition) is 5. The number of halogens is 1. The number of nitrogens with zero attached hydrogens (tertiary/aromatic N) is 2. The Balaban J connectivity index is 1.61. The molecule has 2 aromatic rings. The number of nitrogens with one attached hydrogen (secondary N) is 1. The molecule has 5 nitrogen and oxygen atoms in total. The summed E-state index contributed by atoms with van der Waals surface area (Å²) in [4.78, 5) is 12.0. The van der Waals surface area contributed by atoms with Crippen molar-refractivity contribution >= 4 is 40.7 Å². The number of phenols is 1. The van der Waals surface area contributed by atoms with Crippen LogP contribution in [0.1, 0.15) is 11.1 Å². The monoisotopic (exact) mass is 359 g/mol. The van der Waals surface area contributed by atoms with E-state index in [0.29, 0.717) is 16.6 Å². The first-order valence-corrected chi connectivity index (χ1v) is 8.48. The fraction of sp³-hybridized carbons (Fsp3) is 0.118. The van der Waals surface area contributed by atoms with Gasteiger partial charge in [0, 0.05) is 5.02 Å². The van der Waals surface area contributed by atoms with E-state index in [0.717, 1.165) is 11.1 Å². The van der Waals surface area contributed by atoms with Gasteiger partial charge in [-0.25, -0.2) is 0 Å². The molecule has 2 aromatic carbocycles. The number of aromatic hydroxyl groups is 1. The lowest BCUT2D eigenvalue weighted by Gasteiger charge is -2.05. The van der Waals surface area contributed by atoms with Crippen molar-refractivity contribution in [3.8, 4) is 5.75 Å². The van der Waals surface area contributed by atoms with E-state index in [1.54, 1.807) is 30.5 Å². The van der Waals surface area contributed by atoms with Crippen LogP contribution in [0.4, 0.5) is 0 Å². The third kappa shape index (κ3) is 4.37. The van der Waals surface area contributed by atoms with E-state index in [2.05, 4.69) is 15.5 Å². The van der Waals surface area contributed by atoms with Crippen molar-refractivity contribution in [2.45, 2.75) is 11.7 Å². The van der Waals surface area contributed by atoms with Crippen LogP contribution >= 0.6 is 23.4 Å². The van der Waals surface area contributed by atoms with Crippen molar-refractivity contribution in [2.24, 2.45) is 10.2 Å². The van der Waals surface area contributed by atoms with E-state index in [9.17, 15) is 9.90 Å². The van der Waals surface area contributed by atoms with E-state index >= 15 is 0 Å². The number of carbonyl (C=O) groups excluding carboxylic acids is 1. The first kappa shape index (κ1) is 16.5. The Morgan fingerprint density at radius 3 is 2.58 bits per heavy atom. The zero-order valence-corrected chi connectivity index (χ0v) is 14.1. The van der Waals surface area contributed by atoms with Crippen molar-refractivity contribution in [2.75, 3.05) is 0 Å². The van der Waals surface area contributed by atoms with Crippen molar-refractivity contribution in [3.05, 3.63) is 64.7 Å². The average molecular weight is 360 g/mol. The summed E-state index contributed by atoms with van der Waals surface area (Å²) in [5.41, 5.74) is 1.85. The summed E-state index contributed by atoms with van der Waals surface area (Å²) in [5.74, 6) is 0.121. The maximum atomic E-state index is 12.0. The molecule has 122 valence electrons. The molecule has 1 atom stereocenters. The molecule has 7 heteroatoms. The van der Waals surface area contributed by atoms with Gasteiger partial charge in [0.1, 0.15) is 5.75 Å². The molecule has 0 radical (unpaired) electrons. The zero-order chi connectivity index (χ0) is 16.9. The molecule has 1 aliphatic rings. The fourth-order valence-corrected chi connectivity index (χ4v) is 3.22. The van der Waals surface area contributed by atoms with Crippen LogP contribution in [0.15, 0.2) is 58.7 Å². The van der Waals surface area contributed by atoms with Gasteiger partial charge in [-0.05, 0) is 53.9 Å². The molecule has 1 fully saturated rings. The molecule has 24 heavy (non-hydrogen) atoms. The minimum Gasteiger partial charge on any atom is -0.508 e. The van der Waals surface area contributed by atoms with Gasteiger partial charge in [0.2, 0.25) is 5.91 Å². The quantitative estimate of drug-likeness (QED) is 0.650. The van der Waals surface area contributed by atoms with Crippen molar-refractivity contribution < 1.29 is 9.90 Å². The van der Waals surface area contributed by atoms with Gasteiger partial charge in [0.05, 0.1) is 11.5 Å². The van der Waals surface area contributed by atoms with Crippen molar-refractivity contribution in [1.29, 1.82) is 0 Å². The average Bonchev–Trinajstić information content (AvgIpc) is 2.91. The first-order valence-electron chi connectivity index (χ1n) is 7.22. The molecule has 0 bridgehead atoms. The number of amides is 1. The number of amidine groups is 1. The lowest BCUT2D eigenvalue weighted by molar-refractivity contribution is -0.118. The number of benzene rings is 2. The summed E-state index contributed by atoms with van der Waals surface area (Å²) in [6, 6.07) is 14.0. The van der Waals surface area contributed by atoms with E-state index in [1.165, 1.54) is 11.8 Å². The molecule has 1 aliphatic heterocycles. The third-order valence-corrected chi connectivity index (χ3v) is 4.68. The number of rotatable bonds is 4. The highest BCUT2D eigenvalue weighted by Gasteiger charge is 2.30. The standard InChI is InChI=1S/C17H14ClN3O2S/c18-13-5-1-11(2-6-13)9-15-16(23)20-17(24-15)21-19-10-12-3-7-14(22)8-4-12/h1-8,10,15,22H,9H2,(H,20,21,23)/b19-10+/t15-/m0/s1. The van der Waals surface area contributed by atoms with Crippen LogP contribution in [0, 0.1) is 0 Å². The topological polar surface area (TPSA) is 74.0 Å². The predicted molar refractivity (Wildman–Crippen MR) is 97.8 cm³/mol. The molecule has 2 N–H and O–H groups in total. The molecule has 1 amide bonds. The highest BCUT2D eigenvalue weighted by Crippen LogP contribution is 2.24. The Labute approximate surface area is 148 Å². The minimum atomic E-state index is -0.228. The van der Waals surface area contributed by atoms with Gasteiger partial charge in [0.15, 0.2) is 5.17 Å². The molecular formula is C17H14ClN3O2S. The highest BCUT2D eigenvalue weighted by atomic mass is 35.5. The summed E-state index contributed by atoms with van der Waals surface area (Å²) in [6.07, 6.45) is 2.17. The molecule has 0 spiro atoms. The second kappa shape index (κ2) is 7.51. The summed E-state index contributed by atoms with van der Waals surface area (Å²) >= 11 is 7.22. The van der Waals surface area contributed by atoms with Gasteiger partial charge < -0.3 is 10.4 Å². The smallest absolute Gasteiger partial charge is 0.239 e. The maximum Gasteiger partial charge on any atom is 0.239 e. The number of thioether (sulfide) groups is 1. The summed E-state index contributed by atoms with van der Waals surface area (Å²) in [6.45, 7) is 0. The third-order valence-electron chi connectivity index (χ3n) is 3.36. The van der Waals surface area contributed by atoms with Crippen molar-refractivity contribution in [3.63, 3.8) is 0 Å². The predicted octanol–water partition coefficient (Wildman–Crippen LogP) is 3.21. The van der Waals surface area contributed by atoms with Gasteiger partial charge in [-0.15, -0.1) is 5.10 Å². The second-order valence-electron chi connectivity index (χ2n) is 5.17. The second-order valence-corrected chi connectivity index (χ2v) is 6.80. The molecular weight excluding hydrogens is 346 g/mol. The zero-order valence-electron chi connectivity index (χ0n) is 12.5. The van der Waals surface area contributed by atoms with E-state index in [-0.39, 0.29) is 16.9 Å². The molecule has 0 unspecified atom stereocenters. The summed E-state index contributed by atoms with van der Waals surface area (Å²) in [7, 11) is 0. The molecule has 1 saturated heterocycles. The summed E-state index contributed by atoms with van der Waals surface area (Å²) < 4.78 is 0. The molecule has 3 rings (SSSR count). The number of hydrogen-bond donors (Lipinski definition) is 2. The lowest BCUT2D eigenvalue weighted by Crippen LogP contribution is -2.25. The van der Waals surface area contributed by atoms with Gasteiger partial charge in [-0.3, -0.25) is 4.79 Å². The normalized spacial score (nSPS) is 19.1. The van der Waals surface area contributed by atoms with Crippen molar-refractivity contribution in [1.82, 2.24) is 5.32 Å². The van der Waals surface area contributed by atoms with Crippen LogP contribution < -0.4 is 5.32 Å². The molecule has 0 aliphatic carbocycles. The molecule has 0 saturated carbocycles. The first-order chi connectivity index (χ1) is 11.6. The maximum absolute atomic E-state index is 12.0. The number of phenolic OH excluding ortho intramolecular Hbond substituents is 1. The van der Waals surface area contributed by atoms with Gasteiger partial charge in [0.25, 0.3) is 0 Å². The van der Waals surface area contributed by atoms with Crippen LogP contribution in [-0.4, -0.2) is 27.6 Å². The number of carbonyl (C=O) groups is 1. The Morgan fingerprint density at radius 1 is 1.17 bits per heavy atom. The van der Waals surface area contributed by atoms with Gasteiger partial charge >= 0.3 is 0 Å². The van der Waals surface area contributed by atoms with Gasteiger partial charge in [-0.2, -0.15) is 5.10 Å². The summed E-state index contributed by atoms with van der Waals surface area (Å²) in [5, 5.41) is 20.9. The van der Waals surface area contributed by atoms with Crippen LogP contribution in [0.25, 0.3) is 0 Å². The molecule has 0 aromatic heterocycles. The van der Waals surface area contributed by atoms with E-state index < -0.39 is 0 Å². The van der Waals surface area contributed by atoms with Crippen LogP contribution in [0.3, 0.4) is 0 Å². The molecule has 1 heterocycles. The van der Waals surface area contributed by atoms with Crippen LogP contribution in [0.2, 0.25) is 5.02 Å². The minimum absolute atomic E-state index is 0.0754. The fourth-order valence-electron chi connectivity index (χ4n) is 2.13. The largest absolute Gasteiger partial charge is 0.508 e. The Morgan fingerprint density at radius 2 is 1.88 bits per heavy atom. The van der Waals surface area contributed by atoms with Crippen LogP contribution in [0.5, 0.6) is 5.75 Å². The SMILES string of the molecule is O=C1N/C(=N\N=C\c2ccc(O)cc2)S[C@H]1Cc1ccc(Cl)cc1. The Bertz CT molecular complexity index is 788. The lowest BCUT2D eigenvalue weighted by atomic mass is 10.1. The Kier molecular flexibility index (Phi) is 5.17. The highest BCUT2D eigenvalue weighted by molar-refractivity contribution is 8.15. The Hall–Kier alpha value is -2.31. The van der Waals surface area contributed by atoms with E-state index in [1.807, 2.05) is 24.3 Å². The van der Waals surface area contributed by atoms with Crippen LogP contribution in [-0.2, 0) is 11.2 Å². The van der Waals surface area contributed by atoms with Gasteiger partial charge in [-0.1, -0.05) is 35.5 Å². The van der Waals surface area contributed by atoms with E-state index in [4.69, 9.17) is 11.6 Å².